The highest BCUT2D eigenvalue weighted by molar-refractivity contribution is 6.14. The van der Waals surface area contributed by atoms with Crippen molar-refractivity contribution in [1.82, 2.24) is 14.8 Å². The minimum Gasteiger partial charge on any atom is -0.454 e. The van der Waals surface area contributed by atoms with E-state index in [9.17, 15) is 9.59 Å². The number of hydrogen-bond donors (Lipinski definition) is 1. The smallest absolute Gasteiger partial charge is 0.342 e. The molecule has 0 aliphatic rings. The van der Waals surface area contributed by atoms with E-state index in [0.717, 1.165) is 22.2 Å². The number of ketones is 1. The van der Waals surface area contributed by atoms with Gasteiger partial charge in [-0.3, -0.25) is 9.48 Å². The largest absolute Gasteiger partial charge is 0.454 e. The van der Waals surface area contributed by atoms with Crippen molar-refractivity contribution in [3.8, 4) is 11.3 Å². The summed E-state index contributed by atoms with van der Waals surface area (Å²) in [6, 6.07) is 17.2. The first kappa shape index (κ1) is 17.7. The molecule has 0 spiro atoms. The van der Waals surface area contributed by atoms with Gasteiger partial charge in [-0.2, -0.15) is 5.10 Å². The summed E-state index contributed by atoms with van der Waals surface area (Å²) in [6.45, 7) is 1.44. The number of aryl methyl sites for hydroxylation is 1. The van der Waals surface area contributed by atoms with Crippen molar-refractivity contribution in [2.75, 3.05) is 6.61 Å². The number of nitrogens with one attached hydrogen (secondary N) is 1. The van der Waals surface area contributed by atoms with Crippen LogP contribution in [0.5, 0.6) is 0 Å². The average molecular weight is 373 g/mol. The molecule has 0 bridgehead atoms. The number of H-pyrrole nitrogens is 1. The lowest BCUT2D eigenvalue weighted by atomic mass is 10.0. The van der Waals surface area contributed by atoms with Gasteiger partial charge in [-0.15, -0.1) is 0 Å². The Hall–Kier alpha value is -3.67. The fraction of sp³-hybridized carbons (Fsp3) is 0.136. The zero-order valence-electron chi connectivity index (χ0n) is 15.6. The third-order valence-electron chi connectivity index (χ3n) is 4.84. The molecule has 0 saturated heterocycles. The first-order chi connectivity index (χ1) is 13.6. The van der Waals surface area contributed by atoms with E-state index in [0.29, 0.717) is 16.8 Å². The van der Waals surface area contributed by atoms with Crippen LogP contribution in [0, 0.1) is 6.92 Å². The second-order valence-electron chi connectivity index (χ2n) is 6.55. The Morgan fingerprint density at radius 2 is 1.79 bits per heavy atom. The molecule has 2 aromatic heterocycles. The molecular formula is C22H19N3O3. The summed E-state index contributed by atoms with van der Waals surface area (Å²) in [5.41, 5.74) is 4.06. The van der Waals surface area contributed by atoms with Crippen LogP contribution >= 0.6 is 0 Å². The number of aromatic nitrogens is 3. The maximum Gasteiger partial charge on any atom is 0.342 e. The molecule has 1 N–H and O–H groups in total. The molecule has 0 saturated carbocycles. The fourth-order valence-electron chi connectivity index (χ4n) is 3.23. The predicted octanol–water partition coefficient (Wildman–Crippen LogP) is 3.92. The molecule has 28 heavy (non-hydrogen) atoms. The molecule has 4 aromatic rings. The Bertz CT molecular complexity index is 1170. The fourth-order valence-corrected chi connectivity index (χ4v) is 3.23. The van der Waals surface area contributed by atoms with Gasteiger partial charge >= 0.3 is 5.97 Å². The van der Waals surface area contributed by atoms with Crippen molar-refractivity contribution < 1.29 is 14.3 Å². The van der Waals surface area contributed by atoms with Crippen LogP contribution in [0.1, 0.15) is 26.4 Å². The number of rotatable bonds is 5. The number of Topliss-reactive ketones (excluding diaryl/α,β-unsaturated/α-hetero) is 1. The Morgan fingerprint density at radius 1 is 1.07 bits per heavy atom. The molecule has 6 heteroatoms. The summed E-state index contributed by atoms with van der Waals surface area (Å²) in [5, 5.41) is 4.84. The molecule has 0 fully saturated rings. The summed E-state index contributed by atoms with van der Waals surface area (Å²) in [5.74, 6) is -0.814. The van der Waals surface area contributed by atoms with Crippen molar-refractivity contribution in [1.29, 1.82) is 0 Å². The number of para-hydroxylation sites is 1. The number of fused-ring (bicyclic) bond motifs is 1. The number of benzene rings is 2. The molecule has 0 aliphatic carbocycles. The molecule has 0 atom stereocenters. The van der Waals surface area contributed by atoms with Gasteiger partial charge in [-0.05, 0) is 18.6 Å². The van der Waals surface area contributed by atoms with Crippen LogP contribution in [-0.2, 0) is 11.8 Å². The molecule has 2 heterocycles. The number of ether oxygens (including phenoxy) is 1. The second kappa shape index (κ2) is 7.15. The maximum atomic E-state index is 13.0. The van der Waals surface area contributed by atoms with E-state index in [1.54, 1.807) is 18.7 Å². The van der Waals surface area contributed by atoms with Crippen LogP contribution in [-0.4, -0.2) is 33.1 Å². The molecular weight excluding hydrogens is 354 g/mol. The number of carbonyl (C=O) groups is 2. The molecule has 2 aromatic carbocycles. The van der Waals surface area contributed by atoms with Gasteiger partial charge in [0.15, 0.2) is 6.61 Å². The Morgan fingerprint density at radius 3 is 2.50 bits per heavy atom. The van der Waals surface area contributed by atoms with E-state index in [-0.39, 0.29) is 12.4 Å². The van der Waals surface area contributed by atoms with Gasteiger partial charge < -0.3 is 9.72 Å². The highest BCUT2D eigenvalue weighted by atomic mass is 16.5. The quantitative estimate of drug-likeness (QED) is 0.425. The van der Waals surface area contributed by atoms with Crippen LogP contribution in [0.15, 0.2) is 60.8 Å². The van der Waals surface area contributed by atoms with E-state index >= 15 is 0 Å². The first-order valence-electron chi connectivity index (χ1n) is 8.91. The van der Waals surface area contributed by atoms with Gasteiger partial charge in [-0.1, -0.05) is 48.5 Å². The van der Waals surface area contributed by atoms with Crippen molar-refractivity contribution in [3.05, 3.63) is 77.6 Å². The molecule has 0 aliphatic heterocycles. The van der Waals surface area contributed by atoms with Gasteiger partial charge in [0.25, 0.3) is 0 Å². The normalized spacial score (nSPS) is 10.9. The van der Waals surface area contributed by atoms with Gasteiger partial charge in [-0.25, -0.2) is 4.79 Å². The summed E-state index contributed by atoms with van der Waals surface area (Å²) in [6.07, 6.45) is 1.45. The third kappa shape index (κ3) is 3.09. The minimum absolute atomic E-state index is 0.258. The molecule has 140 valence electrons. The third-order valence-corrected chi connectivity index (χ3v) is 4.84. The summed E-state index contributed by atoms with van der Waals surface area (Å²) in [7, 11) is 1.75. The highest BCUT2D eigenvalue weighted by Gasteiger charge is 2.22. The van der Waals surface area contributed by atoms with Gasteiger partial charge in [0.2, 0.25) is 5.78 Å². The van der Waals surface area contributed by atoms with E-state index < -0.39 is 5.97 Å². The lowest BCUT2D eigenvalue weighted by molar-refractivity contribution is 0.0474. The van der Waals surface area contributed by atoms with E-state index in [4.69, 9.17) is 4.74 Å². The standard InChI is InChI=1S/C22H19N3O3/c1-14-17(12-23-25(14)2)22(27)28-13-19(26)20-16-10-6-7-11-18(16)24-21(20)15-8-4-3-5-9-15/h3-12,24H,13H2,1-2H3. The zero-order valence-corrected chi connectivity index (χ0v) is 15.6. The topological polar surface area (TPSA) is 77.0 Å². The van der Waals surface area contributed by atoms with Gasteiger partial charge in [0, 0.05) is 23.6 Å². The number of hydrogen-bond acceptors (Lipinski definition) is 4. The Kier molecular flexibility index (Phi) is 4.53. The second-order valence-corrected chi connectivity index (χ2v) is 6.55. The van der Waals surface area contributed by atoms with Crippen LogP contribution < -0.4 is 0 Å². The molecule has 0 amide bonds. The number of nitrogens with zero attached hydrogens (tertiary/aromatic N) is 2. The monoisotopic (exact) mass is 373 g/mol. The highest BCUT2D eigenvalue weighted by Crippen LogP contribution is 2.30. The van der Waals surface area contributed by atoms with Crippen LogP contribution in [0.25, 0.3) is 22.2 Å². The molecule has 0 unspecified atom stereocenters. The lowest BCUT2D eigenvalue weighted by Gasteiger charge is -2.06. The van der Waals surface area contributed by atoms with E-state index in [2.05, 4.69) is 10.1 Å². The van der Waals surface area contributed by atoms with Crippen molar-refractivity contribution in [3.63, 3.8) is 0 Å². The molecule has 6 nitrogen and oxygen atoms in total. The zero-order chi connectivity index (χ0) is 19.7. The lowest BCUT2D eigenvalue weighted by Crippen LogP contribution is -2.15. The van der Waals surface area contributed by atoms with Crippen molar-refractivity contribution in [2.45, 2.75) is 6.92 Å². The van der Waals surface area contributed by atoms with E-state index in [1.807, 2.05) is 54.6 Å². The maximum absolute atomic E-state index is 13.0. The van der Waals surface area contributed by atoms with Crippen LogP contribution in [0.2, 0.25) is 0 Å². The SMILES string of the molecule is Cc1c(C(=O)OCC(=O)c2c(-c3ccccc3)[nH]c3ccccc23)cnn1C. The van der Waals surface area contributed by atoms with Gasteiger partial charge in [0.1, 0.15) is 5.56 Å². The number of aromatic amines is 1. The van der Waals surface area contributed by atoms with Gasteiger partial charge in [0.05, 0.1) is 17.5 Å². The first-order valence-corrected chi connectivity index (χ1v) is 8.91. The Labute approximate surface area is 161 Å². The predicted molar refractivity (Wildman–Crippen MR) is 106 cm³/mol. The van der Waals surface area contributed by atoms with Crippen molar-refractivity contribution >= 4 is 22.7 Å². The molecule has 0 radical (unpaired) electrons. The summed E-state index contributed by atoms with van der Waals surface area (Å²) in [4.78, 5) is 28.7. The Balaban J connectivity index is 1.65. The summed E-state index contributed by atoms with van der Waals surface area (Å²) < 4.78 is 6.88. The summed E-state index contributed by atoms with van der Waals surface area (Å²) >= 11 is 0. The van der Waals surface area contributed by atoms with Crippen LogP contribution in [0.3, 0.4) is 0 Å². The van der Waals surface area contributed by atoms with Crippen molar-refractivity contribution in [2.24, 2.45) is 7.05 Å². The minimum atomic E-state index is -0.556. The average Bonchev–Trinajstić information content (AvgIpc) is 3.27. The molecule has 4 rings (SSSR count). The van der Waals surface area contributed by atoms with E-state index in [1.165, 1.54) is 6.20 Å². The number of esters is 1. The number of carbonyl (C=O) groups excluding carboxylic acids is 2. The van der Waals surface area contributed by atoms with Crippen LogP contribution in [0.4, 0.5) is 0 Å².